The third-order valence-electron chi connectivity index (χ3n) is 3.16. The van der Waals surface area contributed by atoms with E-state index in [1.165, 1.54) is 6.42 Å². The summed E-state index contributed by atoms with van der Waals surface area (Å²) in [4.78, 5) is 4.69. The summed E-state index contributed by atoms with van der Waals surface area (Å²) in [5.74, 6) is 1.16. The molecule has 0 aliphatic carbocycles. The van der Waals surface area contributed by atoms with Gasteiger partial charge < -0.3 is 4.57 Å². The maximum absolute atomic E-state index is 8.93. The van der Waals surface area contributed by atoms with Crippen LogP contribution in [0.5, 0.6) is 0 Å². The number of aromatic nitrogens is 2. The molecule has 1 aromatic carbocycles. The number of nitriles is 1. The smallest absolute Gasteiger partial charge is 0.109 e. The number of unbranched alkanes of at least 4 members (excludes halogenated alkanes) is 1. The SMILES string of the molecule is CCCCc1nc2cc(C#N)ccc2n1CCC. The second-order valence-electron chi connectivity index (χ2n) is 4.60. The molecule has 0 unspecified atom stereocenters. The highest BCUT2D eigenvalue weighted by molar-refractivity contribution is 5.77. The van der Waals surface area contributed by atoms with E-state index in [0.29, 0.717) is 5.56 Å². The summed E-state index contributed by atoms with van der Waals surface area (Å²) in [6, 6.07) is 7.95. The zero-order chi connectivity index (χ0) is 13.0. The van der Waals surface area contributed by atoms with Crippen molar-refractivity contribution in [3.8, 4) is 6.07 Å². The number of rotatable bonds is 5. The summed E-state index contributed by atoms with van der Waals surface area (Å²) in [5.41, 5.74) is 2.79. The zero-order valence-electron chi connectivity index (χ0n) is 11.1. The molecule has 0 spiro atoms. The van der Waals surface area contributed by atoms with Crippen LogP contribution in [-0.2, 0) is 13.0 Å². The van der Waals surface area contributed by atoms with Crippen LogP contribution in [0.3, 0.4) is 0 Å². The molecule has 3 nitrogen and oxygen atoms in total. The van der Waals surface area contributed by atoms with Crippen LogP contribution in [0.1, 0.15) is 44.5 Å². The molecule has 0 aliphatic heterocycles. The second kappa shape index (κ2) is 5.68. The zero-order valence-corrected chi connectivity index (χ0v) is 11.1. The van der Waals surface area contributed by atoms with Gasteiger partial charge in [0.25, 0.3) is 0 Å². The molecule has 1 aromatic heterocycles. The van der Waals surface area contributed by atoms with Crippen LogP contribution in [-0.4, -0.2) is 9.55 Å². The van der Waals surface area contributed by atoms with Gasteiger partial charge in [0, 0.05) is 13.0 Å². The molecule has 0 atom stereocenters. The summed E-state index contributed by atoms with van der Waals surface area (Å²) in [6.07, 6.45) is 4.47. The first-order chi connectivity index (χ1) is 8.80. The first-order valence-electron chi connectivity index (χ1n) is 6.69. The fourth-order valence-corrected chi connectivity index (χ4v) is 2.25. The maximum Gasteiger partial charge on any atom is 0.109 e. The number of aryl methyl sites for hydroxylation is 2. The Kier molecular flexibility index (Phi) is 3.99. The molecule has 3 heteroatoms. The number of hydrogen-bond acceptors (Lipinski definition) is 2. The third-order valence-corrected chi connectivity index (χ3v) is 3.16. The summed E-state index contributed by atoms with van der Waals surface area (Å²) in [7, 11) is 0. The fraction of sp³-hybridized carbons (Fsp3) is 0.467. The lowest BCUT2D eigenvalue weighted by Gasteiger charge is -2.06. The van der Waals surface area contributed by atoms with Crippen LogP contribution in [0.4, 0.5) is 0 Å². The predicted octanol–water partition coefficient (Wildman–Crippen LogP) is 3.66. The van der Waals surface area contributed by atoms with E-state index >= 15 is 0 Å². The van der Waals surface area contributed by atoms with Gasteiger partial charge in [-0.15, -0.1) is 0 Å². The lowest BCUT2D eigenvalue weighted by Crippen LogP contribution is -2.03. The molecular weight excluding hydrogens is 222 g/mol. The molecule has 0 saturated heterocycles. The van der Waals surface area contributed by atoms with Crippen molar-refractivity contribution in [1.82, 2.24) is 9.55 Å². The van der Waals surface area contributed by atoms with Gasteiger partial charge in [0.2, 0.25) is 0 Å². The molecule has 0 fully saturated rings. The minimum atomic E-state index is 0.686. The normalized spacial score (nSPS) is 10.7. The summed E-state index contributed by atoms with van der Waals surface area (Å²) in [6.45, 7) is 5.38. The fourth-order valence-electron chi connectivity index (χ4n) is 2.25. The highest BCUT2D eigenvalue weighted by Gasteiger charge is 2.10. The van der Waals surface area contributed by atoms with Gasteiger partial charge in [0.15, 0.2) is 0 Å². The van der Waals surface area contributed by atoms with Gasteiger partial charge in [0.1, 0.15) is 5.82 Å². The minimum Gasteiger partial charge on any atom is -0.328 e. The lowest BCUT2D eigenvalue weighted by atomic mass is 10.2. The molecule has 1 heterocycles. The summed E-state index contributed by atoms with van der Waals surface area (Å²) in [5, 5.41) is 8.93. The van der Waals surface area contributed by atoms with Crippen molar-refractivity contribution in [2.24, 2.45) is 0 Å². The summed E-state index contributed by atoms with van der Waals surface area (Å²) < 4.78 is 2.30. The Morgan fingerprint density at radius 3 is 2.78 bits per heavy atom. The number of hydrogen-bond donors (Lipinski definition) is 0. The van der Waals surface area contributed by atoms with Crippen molar-refractivity contribution >= 4 is 11.0 Å². The average molecular weight is 241 g/mol. The van der Waals surface area contributed by atoms with Crippen molar-refractivity contribution in [1.29, 1.82) is 5.26 Å². The lowest BCUT2D eigenvalue weighted by molar-refractivity contribution is 0.634. The molecule has 2 aromatic rings. The van der Waals surface area contributed by atoms with Crippen molar-refractivity contribution in [3.63, 3.8) is 0 Å². The second-order valence-corrected chi connectivity index (χ2v) is 4.60. The minimum absolute atomic E-state index is 0.686. The number of benzene rings is 1. The third kappa shape index (κ3) is 2.38. The molecule has 0 amide bonds. The van der Waals surface area contributed by atoms with Gasteiger partial charge in [-0.3, -0.25) is 0 Å². The van der Waals surface area contributed by atoms with Crippen molar-refractivity contribution in [3.05, 3.63) is 29.6 Å². The van der Waals surface area contributed by atoms with E-state index in [4.69, 9.17) is 5.26 Å². The van der Waals surface area contributed by atoms with Gasteiger partial charge in [0.05, 0.1) is 22.7 Å². The van der Waals surface area contributed by atoms with E-state index in [0.717, 1.165) is 42.7 Å². The Morgan fingerprint density at radius 2 is 2.11 bits per heavy atom. The highest BCUT2D eigenvalue weighted by atomic mass is 15.1. The van der Waals surface area contributed by atoms with Crippen LogP contribution < -0.4 is 0 Å². The Bertz CT molecular complexity index is 575. The van der Waals surface area contributed by atoms with E-state index in [9.17, 15) is 0 Å². The van der Waals surface area contributed by atoms with Crippen LogP contribution in [0.25, 0.3) is 11.0 Å². The molecule has 0 saturated carbocycles. The highest BCUT2D eigenvalue weighted by Crippen LogP contribution is 2.19. The topological polar surface area (TPSA) is 41.6 Å². The van der Waals surface area contributed by atoms with Crippen molar-refractivity contribution < 1.29 is 0 Å². The average Bonchev–Trinajstić information content (AvgIpc) is 2.74. The van der Waals surface area contributed by atoms with Crippen LogP contribution >= 0.6 is 0 Å². The van der Waals surface area contributed by atoms with E-state index < -0.39 is 0 Å². The maximum atomic E-state index is 8.93. The molecule has 0 aliphatic rings. The summed E-state index contributed by atoms with van der Waals surface area (Å²) >= 11 is 0. The van der Waals surface area contributed by atoms with E-state index in [2.05, 4.69) is 29.5 Å². The predicted molar refractivity (Wildman–Crippen MR) is 73.4 cm³/mol. The van der Waals surface area contributed by atoms with Crippen LogP contribution in [0.15, 0.2) is 18.2 Å². The van der Waals surface area contributed by atoms with E-state index in [-0.39, 0.29) is 0 Å². The molecule has 0 bridgehead atoms. The number of fused-ring (bicyclic) bond motifs is 1. The van der Waals surface area contributed by atoms with Crippen molar-refractivity contribution in [2.45, 2.75) is 46.1 Å². The van der Waals surface area contributed by atoms with Crippen molar-refractivity contribution in [2.75, 3.05) is 0 Å². The molecule has 18 heavy (non-hydrogen) atoms. The molecule has 0 radical (unpaired) electrons. The first kappa shape index (κ1) is 12.6. The van der Waals surface area contributed by atoms with Gasteiger partial charge in [-0.1, -0.05) is 20.3 Å². The first-order valence-corrected chi connectivity index (χ1v) is 6.69. The van der Waals surface area contributed by atoms with E-state index in [1.807, 2.05) is 18.2 Å². The molecule has 0 N–H and O–H groups in total. The van der Waals surface area contributed by atoms with Crippen LogP contribution in [0, 0.1) is 11.3 Å². The quantitative estimate of drug-likeness (QED) is 0.801. The largest absolute Gasteiger partial charge is 0.328 e. The Hall–Kier alpha value is -1.82. The van der Waals surface area contributed by atoms with Gasteiger partial charge in [-0.25, -0.2) is 4.98 Å². The van der Waals surface area contributed by atoms with E-state index in [1.54, 1.807) is 0 Å². The van der Waals surface area contributed by atoms with Gasteiger partial charge >= 0.3 is 0 Å². The molecular formula is C15H19N3. The Balaban J connectivity index is 2.48. The number of nitrogens with zero attached hydrogens (tertiary/aromatic N) is 3. The molecule has 94 valence electrons. The van der Waals surface area contributed by atoms with Gasteiger partial charge in [-0.2, -0.15) is 5.26 Å². The van der Waals surface area contributed by atoms with Crippen LogP contribution in [0.2, 0.25) is 0 Å². The molecule has 2 rings (SSSR count). The standard InChI is InChI=1S/C15H19N3/c1-3-5-6-15-17-13-10-12(11-16)7-8-14(13)18(15)9-4-2/h7-8,10H,3-6,9H2,1-2H3. The Morgan fingerprint density at radius 1 is 1.28 bits per heavy atom. The van der Waals surface area contributed by atoms with Gasteiger partial charge in [-0.05, 0) is 31.0 Å². The Labute approximate surface area is 108 Å². The number of imidazole rings is 1. The monoisotopic (exact) mass is 241 g/mol.